The molecule has 11 nitrogen and oxygen atoms in total. The summed E-state index contributed by atoms with van der Waals surface area (Å²) in [5.74, 6) is -5.61. The van der Waals surface area contributed by atoms with Gasteiger partial charge in [-0.2, -0.15) is 0 Å². The number of pyridine rings is 2. The molecule has 1 aromatic carbocycles. The van der Waals surface area contributed by atoms with Gasteiger partial charge in [0.25, 0.3) is 17.4 Å². The number of halogens is 1. The number of carboxylic acid groups (broad SMARTS) is 1. The highest BCUT2D eigenvalue weighted by Crippen LogP contribution is 2.30. The van der Waals surface area contributed by atoms with Crippen molar-refractivity contribution in [3.63, 3.8) is 0 Å². The monoisotopic (exact) mass is 516 g/mol. The number of hydrogen-bond acceptors (Lipinski definition) is 7. The summed E-state index contributed by atoms with van der Waals surface area (Å²) in [4.78, 5) is 53.1. The van der Waals surface area contributed by atoms with Crippen molar-refractivity contribution in [2.45, 2.75) is 6.54 Å². The van der Waals surface area contributed by atoms with Crippen LogP contribution in [0.1, 0.15) is 26.3 Å². The fraction of sp³-hybridized carbons (Fsp3) is 0.0952. The lowest BCUT2D eigenvalue weighted by Gasteiger charge is -2.17. The molecule has 0 aliphatic rings. The number of aromatic nitrogens is 2. The molecule has 0 atom stereocenters. The number of hydrogen-bond donors (Lipinski definition) is 5. The molecule has 2 heterocycles. The summed E-state index contributed by atoms with van der Waals surface area (Å²) in [7, 11) is 0. The van der Waals surface area contributed by atoms with Crippen LogP contribution in [0.3, 0.4) is 0 Å². The second-order valence-electron chi connectivity index (χ2n) is 6.68. The number of benzene rings is 1. The molecule has 0 spiro atoms. The number of carboxylic acids is 1. The molecule has 0 radical (unpaired) electrons. The van der Waals surface area contributed by atoms with Crippen LogP contribution in [0.25, 0.3) is 0 Å². The average molecular weight is 517 g/mol. The van der Waals surface area contributed by atoms with Gasteiger partial charge in [-0.3, -0.25) is 28.7 Å². The predicted octanol–water partition coefficient (Wildman–Crippen LogP) is 1.53. The first-order valence-corrected chi connectivity index (χ1v) is 10.1. The molecule has 3 aromatic rings. The lowest BCUT2D eigenvalue weighted by atomic mass is 10.1. The highest BCUT2D eigenvalue weighted by molar-refractivity contribution is 9.10. The third-order valence-electron chi connectivity index (χ3n) is 4.47. The van der Waals surface area contributed by atoms with Crippen LogP contribution in [0, 0.1) is 0 Å². The van der Waals surface area contributed by atoms with Crippen molar-refractivity contribution < 1.29 is 29.7 Å². The molecular formula is C21H17BrN4O7. The number of amides is 2. The third kappa shape index (κ3) is 5.18. The highest BCUT2D eigenvalue weighted by Gasteiger charge is 2.30. The molecule has 0 aliphatic carbocycles. The van der Waals surface area contributed by atoms with Gasteiger partial charge in [-0.25, -0.2) is 0 Å². The Bertz CT molecular complexity index is 1290. The van der Waals surface area contributed by atoms with Gasteiger partial charge in [0.15, 0.2) is 5.75 Å². The van der Waals surface area contributed by atoms with Crippen molar-refractivity contribution in [2.24, 2.45) is 0 Å². The van der Waals surface area contributed by atoms with E-state index < -0.39 is 52.6 Å². The number of nitrogens with one attached hydrogen (secondary N) is 2. The zero-order chi connectivity index (χ0) is 24.1. The van der Waals surface area contributed by atoms with Gasteiger partial charge in [-0.05, 0) is 23.8 Å². The maximum atomic E-state index is 13.0. The minimum absolute atomic E-state index is 0.224. The first-order valence-electron chi connectivity index (χ1n) is 9.34. The van der Waals surface area contributed by atoms with Crippen LogP contribution in [0.5, 0.6) is 11.6 Å². The van der Waals surface area contributed by atoms with Crippen molar-refractivity contribution in [3.05, 3.63) is 80.3 Å². The number of carbonyl (C=O) groups excluding carboxylic acids is 2. The Labute approximate surface area is 194 Å². The van der Waals surface area contributed by atoms with E-state index in [1.165, 1.54) is 24.5 Å². The largest absolute Gasteiger partial charge is 0.506 e. The summed E-state index contributed by atoms with van der Waals surface area (Å²) in [5.41, 5.74) is -2.01. The van der Waals surface area contributed by atoms with E-state index in [1.54, 1.807) is 24.3 Å². The Balaban J connectivity index is 2.16. The third-order valence-corrected chi connectivity index (χ3v) is 5.25. The molecule has 170 valence electrons. The Morgan fingerprint density at radius 2 is 1.76 bits per heavy atom. The van der Waals surface area contributed by atoms with Gasteiger partial charge in [0, 0.05) is 10.7 Å². The van der Waals surface area contributed by atoms with Gasteiger partial charge < -0.3 is 26.0 Å². The van der Waals surface area contributed by atoms with E-state index >= 15 is 0 Å². The molecule has 3 rings (SSSR count). The predicted molar refractivity (Wildman–Crippen MR) is 119 cm³/mol. The number of anilines is 1. The van der Waals surface area contributed by atoms with Gasteiger partial charge in [0.05, 0.1) is 18.4 Å². The second kappa shape index (κ2) is 9.96. The van der Waals surface area contributed by atoms with Crippen LogP contribution in [0.4, 0.5) is 5.69 Å². The summed E-state index contributed by atoms with van der Waals surface area (Å²) in [6.45, 7) is -1.10. The first kappa shape index (κ1) is 23.5. The maximum absolute atomic E-state index is 13.0. The Kier molecular flexibility index (Phi) is 7.08. The van der Waals surface area contributed by atoms with Crippen LogP contribution in [-0.4, -0.2) is 49.2 Å². The molecule has 0 fully saturated rings. The number of rotatable bonds is 7. The molecule has 12 heteroatoms. The molecule has 33 heavy (non-hydrogen) atoms. The van der Waals surface area contributed by atoms with Gasteiger partial charge in [-0.15, -0.1) is 0 Å². The molecular weight excluding hydrogens is 500 g/mol. The van der Waals surface area contributed by atoms with Crippen molar-refractivity contribution in [3.8, 4) is 11.6 Å². The van der Waals surface area contributed by atoms with Gasteiger partial charge >= 0.3 is 5.97 Å². The van der Waals surface area contributed by atoms with Crippen molar-refractivity contribution in [1.29, 1.82) is 0 Å². The molecule has 0 aliphatic heterocycles. The minimum Gasteiger partial charge on any atom is -0.506 e. The van der Waals surface area contributed by atoms with Crippen molar-refractivity contribution >= 4 is 39.4 Å². The Hall–Kier alpha value is -4.19. The molecule has 0 unspecified atom stereocenters. The highest BCUT2D eigenvalue weighted by atomic mass is 79.9. The zero-order valence-corrected chi connectivity index (χ0v) is 18.4. The SMILES string of the molecule is O=C(O)CNC(=O)c1c(O)c(C(=O)Nc2cccnc2)c(O)n(Cc2ccccc2Br)c1=O. The number of aromatic hydroxyl groups is 2. The quantitative estimate of drug-likeness (QED) is 0.314. The summed E-state index contributed by atoms with van der Waals surface area (Å²) in [5, 5.41) is 34.6. The lowest BCUT2D eigenvalue weighted by molar-refractivity contribution is -0.135. The summed E-state index contributed by atoms with van der Waals surface area (Å²) in [6, 6.07) is 9.77. The van der Waals surface area contributed by atoms with E-state index in [1.807, 2.05) is 5.32 Å². The number of carbonyl (C=O) groups is 3. The van der Waals surface area contributed by atoms with Crippen molar-refractivity contribution in [1.82, 2.24) is 14.9 Å². The lowest BCUT2D eigenvalue weighted by Crippen LogP contribution is -2.37. The standard InChI is InChI=1S/C21H17BrN4O7/c22-13-6-2-1-4-11(13)10-26-20(32)15(18(30)24-9-14(27)28)17(29)16(21(26)33)19(31)25-12-5-3-7-23-8-12/h1-8,29,33H,9-10H2,(H,24,30)(H,25,31)(H,27,28). The van der Waals surface area contributed by atoms with Crippen LogP contribution in [-0.2, 0) is 11.3 Å². The zero-order valence-electron chi connectivity index (χ0n) is 16.8. The molecule has 5 N–H and O–H groups in total. The topological polar surface area (TPSA) is 171 Å². The van der Waals surface area contributed by atoms with Crippen LogP contribution >= 0.6 is 15.9 Å². The van der Waals surface area contributed by atoms with Crippen LogP contribution in [0.2, 0.25) is 0 Å². The normalized spacial score (nSPS) is 10.5. The average Bonchev–Trinajstić information content (AvgIpc) is 2.77. The van der Waals surface area contributed by atoms with E-state index in [0.717, 1.165) is 4.57 Å². The fourth-order valence-electron chi connectivity index (χ4n) is 2.93. The minimum atomic E-state index is -1.38. The second-order valence-corrected chi connectivity index (χ2v) is 7.53. The first-order chi connectivity index (χ1) is 15.7. The number of aliphatic carboxylic acids is 1. The van der Waals surface area contributed by atoms with Crippen molar-refractivity contribution in [2.75, 3.05) is 11.9 Å². The van der Waals surface area contributed by atoms with E-state index in [2.05, 4.69) is 26.2 Å². The summed E-state index contributed by atoms with van der Waals surface area (Å²) in [6.07, 6.45) is 2.77. The molecule has 2 aromatic heterocycles. The van der Waals surface area contributed by atoms with Gasteiger partial charge in [0.1, 0.15) is 17.7 Å². The van der Waals surface area contributed by atoms with Gasteiger partial charge in [-0.1, -0.05) is 34.1 Å². The summed E-state index contributed by atoms with van der Waals surface area (Å²) >= 11 is 3.32. The molecule has 0 bridgehead atoms. The fourth-order valence-corrected chi connectivity index (χ4v) is 3.34. The van der Waals surface area contributed by atoms with E-state index in [9.17, 15) is 29.4 Å². The molecule has 2 amide bonds. The maximum Gasteiger partial charge on any atom is 0.322 e. The summed E-state index contributed by atoms with van der Waals surface area (Å²) < 4.78 is 1.32. The van der Waals surface area contributed by atoms with E-state index in [0.29, 0.717) is 10.0 Å². The Morgan fingerprint density at radius 3 is 2.39 bits per heavy atom. The van der Waals surface area contributed by atoms with E-state index in [-0.39, 0.29) is 12.2 Å². The molecule has 0 saturated heterocycles. The molecule has 0 saturated carbocycles. The Morgan fingerprint density at radius 1 is 1.03 bits per heavy atom. The van der Waals surface area contributed by atoms with Crippen LogP contribution in [0.15, 0.2) is 58.1 Å². The number of nitrogens with zero attached hydrogens (tertiary/aromatic N) is 2. The van der Waals surface area contributed by atoms with E-state index in [4.69, 9.17) is 5.11 Å². The smallest absolute Gasteiger partial charge is 0.322 e. The van der Waals surface area contributed by atoms with Crippen LogP contribution < -0.4 is 16.2 Å². The van der Waals surface area contributed by atoms with Gasteiger partial charge in [0.2, 0.25) is 5.88 Å².